The number of rotatable bonds is 8. The Hall–Kier alpha value is -1.03. The minimum absolute atomic E-state index is 0.561. The first-order chi connectivity index (χ1) is 8.33. The van der Waals surface area contributed by atoms with Gasteiger partial charge in [0, 0.05) is 32.1 Å². The van der Waals surface area contributed by atoms with Gasteiger partial charge >= 0.3 is 0 Å². The molecule has 1 aliphatic carbocycles. The Morgan fingerprint density at radius 1 is 1.59 bits per heavy atom. The van der Waals surface area contributed by atoms with Crippen LogP contribution in [0.4, 0.5) is 5.95 Å². The SMILES string of the molecule is CCC(CC1CC1)Nc1nccn1CCOC. The molecule has 4 heteroatoms. The van der Waals surface area contributed by atoms with E-state index in [0.29, 0.717) is 6.04 Å². The smallest absolute Gasteiger partial charge is 0.203 e. The van der Waals surface area contributed by atoms with E-state index in [1.54, 1.807) is 7.11 Å². The van der Waals surface area contributed by atoms with Crippen molar-refractivity contribution in [3.05, 3.63) is 12.4 Å². The first kappa shape index (κ1) is 12.4. The predicted molar refractivity (Wildman–Crippen MR) is 69.1 cm³/mol. The van der Waals surface area contributed by atoms with E-state index in [1.807, 2.05) is 12.4 Å². The molecule has 0 spiro atoms. The molecule has 0 bridgehead atoms. The fraction of sp³-hybridized carbons (Fsp3) is 0.769. The highest BCUT2D eigenvalue weighted by Gasteiger charge is 2.25. The van der Waals surface area contributed by atoms with Crippen molar-refractivity contribution < 1.29 is 4.74 Å². The molecule has 0 amide bonds. The van der Waals surface area contributed by atoms with Crippen molar-refractivity contribution in [2.45, 2.75) is 45.2 Å². The highest BCUT2D eigenvalue weighted by Crippen LogP contribution is 2.34. The Kier molecular flexibility index (Phi) is 4.42. The van der Waals surface area contributed by atoms with Crippen molar-refractivity contribution >= 4 is 5.95 Å². The summed E-state index contributed by atoms with van der Waals surface area (Å²) in [7, 11) is 1.73. The lowest BCUT2D eigenvalue weighted by Crippen LogP contribution is -2.22. The van der Waals surface area contributed by atoms with Gasteiger partial charge in [-0.25, -0.2) is 4.98 Å². The van der Waals surface area contributed by atoms with Crippen molar-refractivity contribution in [3.63, 3.8) is 0 Å². The number of nitrogens with zero attached hydrogens (tertiary/aromatic N) is 2. The Balaban J connectivity index is 1.88. The maximum atomic E-state index is 5.10. The normalized spacial score (nSPS) is 17.1. The average Bonchev–Trinajstić information content (AvgIpc) is 3.05. The van der Waals surface area contributed by atoms with E-state index in [0.717, 1.165) is 31.4 Å². The number of hydrogen-bond acceptors (Lipinski definition) is 3. The summed E-state index contributed by atoms with van der Waals surface area (Å²) in [5.41, 5.74) is 0. The lowest BCUT2D eigenvalue weighted by Gasteiger charge is -2.18. The topological polar surface area (TPSA) is 39.1 Å². The summed E-state index contributed by atoms with van der Waals surface area (Å²) in [6.07, 6.45) is 9.13. The van der Waals surface area contributed by atoms with Gasteiger partial charge in [0.1, 0.15) is 0 Å². The number of imidazole rings is 1. The highest BCUT2D eigenvalue weighted by molar-refractivity contribution is 5.27. The second kappa shape index (κ2) is 6.05. The van der Waals surface area contributed by atoms with Gasteiger partial charge in [-0.2, -0.15) is 0 Å². The standard InChI is InChI=1S/C13H23N3O/c1-3-12(10-11-4-5-11)15-13-14-6-7-16(13)8-9-17-2/h6-7,11-12H,3-5,8-10H2,1-2H3,(H,14,15). The molecule has 1 atom stereocenters. The largest absolute Gasteiger partial charge is 0.383 e. The van der Waals surface area contributed by atoms with E-state index in [9.17, 15) is 0 Å². The first-order valence-corrected chi connectivity index (χ1v) is 6.60. The summed E-state index contributed by atoms with van der Waals surface area (Å²) in [5, 5.41) is 3.55. The minimum atomic E-state index is 0.561. The third kappa shape index (κ3) is 3.73. The zero-order valence-corrected chi connectivity index (χ0v) is 10.9. The van der Waals surface area contributed by atoms with E-state index in [1.165, 1.54) is 19.3 Å². The molecule has 17 heavy (non-hydrogen) atoms. The average molecular weight is 237 g/mol. The molecule has 96 valence electrons. The first-order valence-electron chi connectivity index (χ1n) is 6.60. The van der Waals surface area contributed by atoms with Crippen LogP contribution in [0.1, 0.15) is 32.6 Å². The molecule has 0 radical (unpaired) electrons. The van der Waals surface area contributed by atoms with Gasteiger partial charge in [0.05, 0.1) is 6.61 Å². The summed E-state index contributed by atoms with van der Waals surface area (Å²) in [6.45, 7) is 3.83. The van der Waals surface area contributed by atoms with E-state index < -0.39 is 0 Å². The van der Waals surface area contributed by atoms with Crippen LogP contribution in [0, 0.1) is 5.92 Å². The second-order valence-electron chi connectivity index (χ2n) is 4.87. The van der Waals surface area contributed by atoms with Gasteiger partial charge in [0.2, 0.25) is 5.95 Å². The van der Waals surface area contributed by atoms with Crippen LogP contribution in [-0.2, 0) is 11.3 Å². The van der Waals surface area contributed by atoms with Gasteiger partial charge in [0.15, 0.2) is 0 Å². The maximum absolute atomic E-state index is 5.10. The second-order valence-corrected chi connectivity index (χ2v) is 4.87. The quantitative estimate of drug-likeness (QED) is 0.755. The van der Waals surface area contributed by atoms with Crippen molar-refractivity contribution in [2.75, 3.05) is 19.0 Å². The zero-order valence-electron chi connectivity index (χ0n) is 10.9. The van der Waals surface area contributed by atoms with Gasteiger partial charge in [-0.15, -0.1) is 0 Å². The molecule has 1 heterocycles. The zero-order chi connectivity index (χ0) is 12.1. The molecule has 1 fully saturated rings. The third-order valence-electron chi connectivity index (χ3n) is 3.39. The lowest BCUT2D eigenvalue weighted by molar-refractivity contribution is 0.187. The third-order valence-corrected chi connectivity index (χ3v) is 3.39. The van der Waals surface area contributed by atoms with Crippen LogP contribution in [0.2, 0.25) is 0 Å². The molecule has 1 N–H and O–H groups in total. The number of nitrogens with one attached hydrogen (secondary N) is 1. The van der Waals surface area contributed by atoms with Gasteiger partial charge in [-0.05, 0) is 18.8 Å². The van der Waals surface area contributed by atoms with E-state index >= 15 is 0 Å². The van der Waals surface area contributed by atoms with Crippen LogP contribution in [0.5, 0.6) is 0 Å². The van der Waals surface area contributed by atoms with Crippen LogP contribution < -0.4 is 5.32 Å². The molecule has 0 aliphatic heterocycles. The Bertz CT molecular complexity index is 333. The monoisotopic (exact) mass is 237 g/mol. The summed E-state index contributed by atoms with van der Waals surface area (Å²) in [5.74, 6) is 1.93. The van der Waals surface area contributed by atoms with Crippen molar-refractivity contribution in [3.8, 4) is 0 Å². The molecule has 0 saturated heterocycles. The molecule has 0 aromatic carbocycles. The molecular formula is C13H23N3O. The summed E-state index contributed by atoms with van der Waals surface area (Å²) in [6, 6.07) is 0.561. The van der Waals surface area contributed by atoms with E-state index in [4.69, 9.17) is 4.74 Å². The number of anilines is 1. The highest BCUT2D eigenvalue weighted by atomic mass is 16.5. The van der Waals surface area contributed by atoms with Gasteiger partial charge < -0.3 is 14.6 Å². The molecule has 1 saturated carbocycles. The van der Waals surface area contributed by atoms with Crippen molar-refractivity contribution in [1.29, 1.82) is 0 Å². The minimum Gasteiger partial charge on any atom is -0.383 e. The number of aromatic nitrogens is 2. The molecular weight excluding hydrogens is 214 g/mol. The summed E-state index contributed by atoms with van der Waals surface area (Å²) in [4.78, 5) is 4.38. The van der Waals surface area contributed by atoms with Crippen LogP contribution in [-0.4, -0.2) is 29.3 Å². The van der Waals surface area contributed by atoms with Crippen LogP contribution >= 0.6 is 0 Å². The van der Waals surface area contributed by atoms with Crippen molar-refractivity contribution in [1.82, 2.24) is 9.55 Å². The molecule has 1 aromatic heterocycles. The van der Waals surface area contributed by atoms with Gasteiger partial charge in [-0.1, -0.05) is 19.8 Å². The lowest BCUT2D eigenvalue weighted by atomic mass is 10.1. The number of ether oxygens (including phenoxy) is 1. The Labute approximate surface area is 103 Å². The molecule has 2 rings (SSSR count). The predicted octanol–water partition coefficient (Wildman–Crippen LogP) is 2.52. The number of hydrogen-bond donors (Lipinski definition) is 1. The fourth-order valence-corrected chi connectivity index (χ4v) is 2.09. The van der Waals surface area contributed by atoms with Crippen molar-refractivity contribution in [2.24, 2.45) is 5.92 Å². The van der Waals surface area contributed by atoms with Gasteiger partial charge in [0.25, 0.3) is 0 Å². The Morgan fingerprint density at radius 3 is 3.06 bits per heavy atom. The van der Waals surface area contributed by atoms with Crippen LogP contribution in [0.3, 0.4) is 0 Å². The van der Waals surface area contributed by atoms with E-state index in [2.05, 4.69) is 21.8 Å². The summed E-state index contributed by atoms with van der Waals surface area (Å²) < 4.78 is 7.22. The van der Waals surface area contributed by atoms with Gasteiger partial charge in [-0.3, -0.25) is 0 Å². The maximum Gasteiger partial charge on any atom is 0.203 e. The molecule has 4 nitrogen and oxygen atoms in total. The molecule has 1 aliphatic rings. The Morgan fingerprint density at radius 2 is 2.41 bits per heavy atom. The van der Waals surface area contributed by atoms with Crippen LogP contribution in [0.25, 0.3) is 0 Å². The number of methoxy groups -OCH3 is 1. The fourth-order valence-electron chi connectivity index (χ4n) is 2.09. The van der Waals surface area contributed by atoms with Crippen LogP contribution in [0.15, 0.2) is 12.4 Å². The molecule has 1 unspecified atom stereocenters. The van der Waals surface area contributed by atoms with E-state index in [-0.39, 0.29) is 0 Å². The summed E-state index contributed by atoms with van der Waals surface area (Å²) >= 11 is 0. The molecule has 1 aromatic rings.